The predicted molar refractivity (Wildman–Crippen MR) is 120 cm³/mol. The van der Waals surface area contributed by atoms with Gasteiger partial charge in [0.15, 0.2) is 11.0 Å². The molecule has 3 aromatic rings. The van der Waals surface area contributed by atoms with Crippen LogP contribution >= 0.6 is 11.8 Å². The standard InChI is InChI=1S/C22H25N5O3S/c1-4-26-20(19(15(2)3)23-21(28)16-10-6-5-7-11-16)24-25-22(26)31-14-17-12-8-9-13-18(17)27(29)30/h5-13,15,19H,4,14H2,1-3H3,(H,23,28)/t19-/m1/s1. The summed E-state index contributed by atoms with van der Waals surface area (Å²) in [5.74, 6) is 0.999. The molecule has 0 unspecified atom stereocenters. The molecule has 0 radical (unpaired) electrons. The molecule has 1 heterocycles. The number of hydrogen-bond donors (Lipinski definition) is 1. The first kappa shape index (κ1) is 22.5. The lowest BCUT2D eigenvalue weighted by Gasteiger charge is -2.22. The van der Waals surface area contributed by atoms with Gasteiger partial charge >= 0.3 is 0 Å². The molecule has 0 aliphatic heterocycles. The Morgan fingerprint density at radius 1 is 1.13 bits per heavy atom. The van der Waals surface area contributed by atoms with Gasteiger partial charge in [-0.25, -0.2) is 0 Å². The summed E-state index contributed by atoms with van der Waals surface area (Å²) in [6.45, 7) is 6.64. The summed E-state index contributed by atoms with van der Waals surface area (Å²) in [7, 11) is 0. The molecule has 8 nitrogen and oxygen atoms in total. The van der Waals surface area contributed by atoms with E-state index < -0.39 is 0 Å². The SMILES string of the molecule is CCn1c(SCc2ccccc2[N+](=O)[O-])nnc1[C@H](NC(=O)c1ccccc1)C(C)C. The van der Waals surface area contributed by atoms with Gasteiger partial charge in [0.05, 0.1) is 11.0 Å². The van der Waals surface area contributed by atoms with E-state index in [9.17, 15) is 14.9 Å². The van der Waals surface area contributed by atoms with Gasteiger partial charge in [-0.05, 0) is 25.0 Å². The van der Waals surface area contributed by atoms with Crippen LogP contribution in [0.5, 0.6) is 0 Å². The first-order chi connectivity index (χ1) is 14.9. The highest BCUT2D eigenvalue weighted by atomic mass is 32.2. The van der Waals surface area contributed by atoms with Crippen molar-refractivity contribution in [1.29, 1.82) is 0 Å². The number of nitro benzene ring substituents is 1. The van der Waals surface area contributed by atoms with Crippen LogP contribution in [-0.2, 0) is 12.3 Å². The lowest BCUT2D eigenvalue weighted by atomic mass is 10.0. The predicted octanol–water partition coefficient (Wildman–Crippen LogP) is 4.63. The zero-order valence-electron chi connectivity index (χ0n) is 17.7. The topological polar surface area (TPSA) is 103 Å². The fraction of sp³-hybridized carbons (Fsp3) is 0.318. The normalized spacial score (nSPS) is 12.0. The van der Waals surface area contributed by atoms with Crippen LogP contribution in [0, 0.1) is 16.0 Å². The van der Waals surface area contributed by atoms with E-state index in [0.29, 0.717) is 34.4 Å². The second-order valence-electron chi connectivity index (χ2n) is 7.32. The largest absolute Gasteiger partial charge is 0.342 e. The fourth-order valence-electron chi connectivity index (χ4n) is 3.23. The quantitative estimate of drug-likeness (QED) is 0.296. The monoisotopic (exact) mass is 439 g/mol. The number of carbonyl (C=O) groups excluding carboxylic acids is 1. The Morgan fingerprint density at radius 2 is 1.81 bits per heavy atom. The van der Waals surface area contributed by atoms with Gasteiger partial charge in [-0.1, -0.05) is 62.0 Å². The number of thioether (sulfide) groups is 1. The second kappa shape index (κ2) is 10.2. The first-order valence-corrected chi connectivity index (χ1v) is 11.0. The molecule has 9 heteroatoms. The van der Waals surface area contributed by atoms with Crippen molar-refractivity contribution in [2.75, 3.05) is 0 Å². The van der Waals surface area contributed by atoms with E-state index in [1.165, 1.54) is 17.8 Å². The molecule has 31 heavy (non-hydrogen) atoms. The third-order valence-electron chi connectivity index (χ3n) is 4.87. The van der Waals surface area contributed by atoms with Crippen LogP contribution in [0.1, 0.15) is 48.6 Å². The third-order valence-corrected chi connectivity index (χ3v) is 5.89. The molecule has 0 saturated heterocycles. The number of amides is 1. The highest BCUT2D eigenvalue weighted by molar-refractivity contribution is 7.98. The summed E-state index contributed by atoms with van der Waals surface area (Å²) in [5, 5.41) is 23.7. The van der Waals surface area contributed by atoms with E-state index in [-0.39, 0.29) is 28.5 Å². The number of nitro groups is 1. The Kier molecular flexibility index (Phi) is 7.41. The van der Waals surface area contributed by atoms with E-state index in [1.54, 1.807) is 30.3 Å². The molecule has 1 aromatic heterocycles. The van der Waals surface area contributed by atoms with Gasteiger partial charge < -0.3 is 9.88 Å². The van der Waals surface area contributed by atoms with E-state index in [0.717, 1.165) is 0 Å². The number of benzene rings is 2. The maximum atomic E-state index is 12.7. The zero-order chi connectivity index (χ0) is 22.4. The van der Waals surface area contributed by atoms with Gasteiger partial charge in [-0.3, -0.25) is 14.9 Å². The Bertz CT molecular complexity index is 1050. The van der Waals surface area contributed by atoms with E-state index in [4.69, 9.17) is 0 Å². The minimum Gasteiger partial charge on any atom is -0.342 e. The van der Waals surface area contributed by atoms with Crippen LogP contribution in [0.25, 0.3) is 0 Å². The summed E-state index contributed by atoms with van der Waals surface area (Å²) in [6, 6.07) is 15.4. The van der Waals surface area contributed by atoms with Crippen molar-refractivity contribution < 1.29 is 9.72 Å². The Labute approximate surface area is 185 Å². The lowest BCUT2D eigenvalue weighted by molar-refractivity contribution is -0.385. The molecule has 1 N–H and O–H groups in total. The van der Waals surface area contributed by atoms with Crippen molar-refractivity contribution in [2.45, 2.75) is 44.3 Å². The summed E-state index contributed by atoms with van der Waals surface area (Å²) in [6.07, 6.45) is 0. The summed E-state index contributed by atoms with van der Waals surface area (Å²) in [4.78, 5) is 23.6. The number of aromatic nitrogens is 3. The van der Waals surface area contributed by atoms with Crippen LogP contribution in [-0.4, -0.2) is 25.6 Å². The van der Waals surface area contributed by atoms with Crippen LogP contribution in [0.2, 0.25) is 0 Å². The molecule has 162 valence electrons. The van der Waals surface area contributed by atoms with Crippen molar-refractivity contribution in [3.05, 3.63) is 81.7 Å². The smallest absolute Gasteiger partial charge is 0.273 e. The Balaban J connectivity index is 1.82. The second-order valence-corrected chi connectivity index (χ2v) is 8.26. The highest BCUT2D eigenvalue weighted by Gasteiger charge is 2.26. The van der Waals surface area contributed by atoms with E-state index >= 15 is 0 Å². The minimum absolute atomic E-state index is 0.0907. The van der Waals surface area contributed by atoms with Crippen molar-refractivity contribution >= 4 is 23.4 Å². The van der Waals surface area contributed by atoms with Crippen LogP contribution in [0.3, 0.4) is 0 Å². The van der Waals surface area contributed by atoms with Crippen molar-refractivity contribution in [1.82, 2.24) is 20.1 Å². The molecule has 2 aromatic carbocycles. The first-order valence-electron chi connectivity index (χ1n) is 10.1. The number of carbonyl (C=O) groups is 1. The number of nitrogens with zero attached hydrogens (tertiary/aromatic N) is 4. The van der Waals surface area contributed by atoms with Crippen LogP contribution in [0.4, 0.5) is 5.69 Å². The average molecular weight is 440 g/mol. The summed E-state index contributed by atoms with van der Waals surface area (Å²) in [5.41, 5.74) is 1.30. The van der Waals surface area contributed by atoms with Crippen molar-refractivity contribution in [2.24, 2.45) is 5.92 Å². The Hall–Kier alpha value is -3.20. The zero-order valence-corrected chi connectivity index (χ0v) is 18.5. The fourth-order valence-corrected chi connectivity index (χ4v) is 4.24. The van der Waals surface area contributed by atoms with E-state index in [2.05, 4.69) is 15.5 Å². The average Bonchev–Trinajstić information content (AvgIpc) is 3.18. The highest BCUT2D eigenvalue weighted by Crippen LogP contribution is 2.29. The molecule has 0 spiro atoms. The third kappa shape index (κ3) is 5.29. The summed E-state index contributed by atoms with van der Waals surface area (Å²) < 4.78 is 1.95. The molecule has 1 amide bonds. The molecule has 0 saturated carbocycles. The maximum Gasteiger partial charge on any atom is 0.273 e. The van der Waals surface area contributed by atoms with Gasteiger partial charge in [-0.2, -0.15) is 0 Å². The van der Waals surface area contributed by atoms with Crippen LogP contribution in [0.15, 0.2) is 59.8 Å². The molecule has 0 aliphatic rings. The Morgan fingerprint density at radius 3 is 2.45 bits per heavy atom. The number of para-hydroxylation sites is 1. The van der Waals surface area contributed by atoms with Gasteiger partial charge in [0.2, 0.25) is 0 Å². The number of hydrogen-bond acceptors (Lipinski definition) is 6. The lowest BCUT2D eigenvalue weighted by Crippen LogP contribution is -2.33. The maximum absolute atomic E-state index is 12.7. The van der Waals surface area contributed by atoms with Gasteiger partial charge in [0, 0.05) is 29.5 Å². The van der Waals surface area contributed by atoms with E-state index in [1.807, 2.05) is 43.5 Å². The number of rotatable bonds is 9. The van der Waals surface area contributed by atoms with Crippen molar-refractivity contribution in [3.8, 4) is 0 Å². The molecule has 0 fully saturated rings. The van der Waals surface area contributed by atoms with Gasteiger partial charge in [0.25, 0.3) is 11.6 Å². The summed E-state index contributed by atoms with van der Waals surface area (Å²) >= 11 is 1.39. The molecular formula is C22H25N5O3S. The van der Waals surface area contributed by atoms with Gasteiger partial charge in [-0.15, -0.1) is 10.2 Å². The molecule has 0 bridgehead atoms. The van der Waals surface area contributed by atoms with Crippen LogP contribution < -0.4 is 5.32 Å². The van der Waals surface area contributed by atoms with Gasteiger partial charge in [0.1, 0.15) is 0 Å². The minimum atomic E-state index is -0.375. The van der Waals surface area contributed by atoms with Crippen molar-refractivity contribution in [3.63, 3.8) is 0 Å². The molecule has 0 aliphatic carbocycles. The molecule has 1 atom stereocenters. The molecule has 3 rings (SSSR count). The molecular weight excluding hydrogens is 414 g/mol. The number of nitrogens with one attached hydrogen (secondary N) is 1.